The van der Waals surface area contributed by atoms with Crippen LogP contribution in [0, 0.1) is 11.8 Å². The van der Waals surface area contributed by atoms with Crippen molar-refractivity contribution in [1.82, 2.24) is 19.7 Å². The zero-order valence-electron chi connectivity index (χ0n) is 15.3. The van der Waals surface area contributed by atoms with Gasteiger partial charge in [0.15, 0.2) is 0 Å². The molecule has 1 aliphatic carbocycles. The van der Waals surface area contributed by atoms with Crippen molar-refractivity contribution in [3.63, 3.8) is 0 Å². The highest BCUT2D eigenvalue weighted by Gasteiger charge is 2.28. The average molecular weight is 364 g/mol. The summed E-state index contributed by atoms with van der Waals surface area (Å²) in [7, 11) is 0. The summed E-state index contributed by atoms with van der Waals surface area (Å²) in [5.41, 5.74) is 1.64. The van der Waals surface area contributed by atoms with Crippen LogP contribution in [0.5, 0.6) is 0 Å². The fourth-order valence-corrected chi connectivity index (χ4v) is 3.91. The molecule has 1 saturated heterocycles. The predicted octanol–water partition coefficient (Wildman–Crippen LogP) is 2.51. The van der Waals surface area contributed by atoms with Crippen molar-refractivity contribution in [2.75, 3.05) is 13.1 Å². The fraction of sp³-hybridized carbons (Fsp3) is 0.429. The lowest BCUT2D eigenvalue weighted by molar-refractivity contribution is -0.136. The Labute approximate surface area is 158 Å². The molecule has 0 unspecified atom stereocenters. The van der Waals surface area contributed by atoms with Crippen molar-refractivity contribution in [1.29, 1.82) is 0 Å². The van der Waals surface area contributed by atoms with Gasteiger partial charge in [0.05, 0.1) is 5.69 Å². The van der Waals surface area contributed by atoms with Crippen LogP contribution in [0.1, 0.15) is 25.7 Å². The van der Waals surface area contributed by atoms with E-state index in [2.05, 4.69) is 22.2 Å². The minimum Gasteiger partial charge on any atom is -0.342 e. The molecule has 0 spiro atoms. The van der Waals surface area contributed by atoms with Crippen LogP contribution in [-0.4, -0.2) is 38.7 Å². The molecule has 1 fully saturated rings. The van der Waals surface area contributed by atoms with E-state index in [4.69, 9.17) is 0 Å². The topological polar surface area (TPSA) is 68.1 Å². The van der Waals surface area contributed by atoms with Gasteiger partial charge in [0.1, 0.15) is 0 Å². The van der Waals surface area contributed by atoms with E-state index in [-0.39, 0.29) is 17.4 Å². The van der Waals surface area contributed by atoms with E-state index in [0.717, 1.165) is 50.0 Å². The number of aromatic nitrogens is 3. The van der Waals surface area contributed by atoms with Crippen molar-refractivity contribution in [3.8, 4) is 11.3 Å². The summed E-state index contributed by atoms with van der Waals surface area (Å²) in [6, 6.07) is 7.11. The number of pyridine rings is 1. The van der Waals surface area contributed by atoms with Gasteiger partial charge in [-0.1, -0.05) is 12.2 Å². The highest BCUT2D eigenvalue weighted by atomic mass is 16.2. The Bertz CT molecular complexity index is 875. The molecule has 140 valence electrons. The minimum absolute atomic E-state index is 0.0802. The second-order valence-corrected chi connectivity index (χ2v) is 7.38. The monoisotopic (exact) mass is 364 g/mol. The zero-order valence-corrected chi connectivity index (χ0v) is 15.3. The van der Waals surface area contributed by atoms with E-state index in [0.29, 0.717) is 12.5 Å². The molecule has 0 aromatic carbocycles. The van der Waals surface area contributed by atoms with Crippen LogP contribution in [0.15, 0.2) is 53.6 Å². The predicted molar refractivity (Wildman–Crippen MR) is 103 cm³/mol. The zero-order chi connectivity index (χ0) is 18.6. The molecule has 4 rings (SSSR count). The van der Waals surface area contributed by atoms with Gasteiger partial charge in [0, 0.05) is 49.6 Å². The number of allylic oxidation sites excluding steroid dienone is 2. The van der Waals surface area contributed by atoms with Crippen LogP contribution in [0.3, 0.4) is 0 Å². The van der Waals surface area contributed by atoms with Crippen LogP contribution in [0.25, 0.3) is 11.3 Å². The maximum absolute atomic E-state index is 12.5. The van der Waals surface area contributed by atoms with E-state index in [9.17, 15) is 9.59 Å². The highest BCUT2D eigenvalue weighted by molar-refractivity contribution is 5.79. The average Bonchev–Trinajstić information content (AvgIpc) is 3.25. The van der Waals surface area contributed by atoms with Gasteiger partial charge in [0.2, 0.25) is 5.91 Å². The molecular weight excluding hydrogens is 340 g/mol. The van der Waals surface area contributed by atoms with Gasteiger partial charge in [-0.25, -0.2) is 4.68 Å². The van der Waals surface area contributed by atoms with Gasteiger partial charge in [-0.05, 0) is 49.8 Å². The third-order valence-corrected chi connectivity index (χ3v) is 5.56. The molecular formula is C21H24N4O2. The van der Waals surface area contributed by atoms with E-state index >= 15 is 0 Å². The van der Waals surface area contributed by atoms with Gasteiger partial charge >= 0.3 is 0 Å². The third kappa shape index (κ3) is 3.99. The lowest BCUT2D eigenvalue weighted by Crippen LogP contribution is -2.42. The first-order valence-electron chi connectivity index (χ1n) is 9.63. The molecule has 0 atom stereocenters. The van der Waals surface area contributed by atoms with Gasteiger partial charge in [-0.3, -0.25) is 14.6 Å². The van der Waals surface area contributed by atoms with E-state index in [1.54, 1.807) is 29.2 Å². The van der Waals surface area contributed by atoms with Crippen LogP contribution in [0.4, 0.5) is 0 Å². The largest absolute Gasteiger partial charge is 0.342 e. The number of hydrogen-bond acceptors (Lipinski definition) is 4. The van der Waals surface area contributed by atoms with Gasteiger partial charge in [-0.15, -0.1) is 0 Å². The van der Waals surface area contributed by atoms with Gasteiger partial charge < -0.3 is 4.90 Å². The Hall–Kier alpha value is -2.76. The van der Waals surface area contributed by atoms with Crippen LogP contribution in [-0.2, 0) is 11.3 Å². The molecule has 2 aromatic rings. The number of nitrogens with zero attached hydrogens (tertiary/aromatic N) is 4. The second-order valence-electron chi connectivity index (χ2n) is 7.38. The van der Waals surface area contributed by atoms with Crippen LogP contribution < -0.4 is 5.56 Å². The first kappa shape index (κ1) is 17.6. The van der Waals surface area contributed by atoms with Gasteiger partial charge in [0.25, 0.3) is 5.56 Å². The second kappa shape index (κ2) is 7.86. The smallest absolute Gasteiger partial charge is 0.266 e. The number of rotatable bonds is 4. The van der Waals surface area contributed by atoms with Crippen molar-refractivity contribution in [2.24, 2.45) is 11.8 Å². The van der Waals surface area contributed by atoms with Gasteiger partial charge in [-0.2, -0.15) is 5.10 Å². The number of carbonyl (C=O) groups is 1. The minimum atomic E-state index is -0.0802. The number of hydrogen-bond donors (Lipinski definition) is 0. The summed E-state index contributed by atoms with van der Waals surface area (Å²) < 4.78 is 1.57. The maximum Gasteiger partial charge on any atom is 0.266 e. The van der Waals surface area contributed by atoms with E-state index in [1.807, 2.05) is 17.0 Å². The third-order valence-electron chi connectivity index (χ3n) is 5.56. The fourth-order valence-electron chi connectivity index (χ4n) is 3.91. The molecule has 0 bridgehead atoms. The first-order chi connectivity index (χ1) is 13.2. The Morgan fingerprint density at radius 3 is 2.44 bits per heavy atom. The number of carbonyl (C=O) groups excluding carboxylic acids is 1. The van der Waals surface area contributed by atoms with Crippen LogP contribution >= 0.6 is 0 Å². The molecule has 0 N–H and O–H groups in total. The molecule has 2 aliphatic rings. The molecule has 1 amide bonds. The molecule has 1 aliphatic heterocycles. The molecule has 27 heavy (non-hydrogen) atoms. The summed E-state index contributed by atoms with van der Waals surface area (Å²) in [4.78, 5) is 30.8. The summed E-state index contributed by atoms with van der Waals surface area (Å²) in [5, 5.41) is 4.54. The van der Waals surface area contributed by atoms with Crippen molar-refractivity contribution < 1.29 is 4.79 Å². The number of amides is 1. The van der Waals surface area contributed by atoms with Crippen molar-refractivity contribution >= 4 is 5.91 Å². The molecule has 0 radical (unpaired) electrons. The molecule has 6 nitrogen and oxygen atoms in total. The Kier molecular flexibility index (Phi) is 5.14. The van der Waals surface area contributed by atoms with E-state index < -0.39 is 0 Å². The Morgan fingerprint density at radius 1 is 1.04 bits per heavy atom. The molecule has 0 saturated carbocycles. The summed E-state index contributed by atoms with van der Waals surface area (Å²) in [5.74, 6) is 0.796. The van der Waals surface area contributed by atoms with Crippen molar-refractivity contribution in [2.45, 2.75) is 32.2 Å². The molecule has 3 heterocycles. The standard InChI is InChI=1S/C21H24N4O2/c26-20-6-5-19(17-7-11-22-12-8-17)23-25(20)15-16-9-13-24(14-10-16)21(27)18-3-1-2-4-18/h1-2,5-8,11-12,16,18H,3-4,9-10,13-15H2. The van der Waals surface area contributed by atoms with Crippen molar-refractivity contribution in [3.05, 3.63) is 59.2 Å². The lowest BCUT2D eigenvalue weighted by Gasteiger charge is -2.33. The van der Waals surface area contributed by atoms with Crippen LogP contribution in [0.2, 0.25) is 0 Å². The molecule has 6 heteroatoms. The summed E-state index contributed by atoms with van der Waals surface area (Å²) in [6.07, 6.45) is 11.2. The Balaban J connectivity index is 1.39. The highest BCUT2D eigenvalue weighted by Crippen LogP contribution is 2.25. The molecule has 2 aromatic heterocycles. The Morgan fingerprint density at radius 2 is 1.74 bits per heavy atom. The van der Waals surface area contributed by atoms with E-state index in [1.165, 1.54) is 0 Å². The maximum atomic E-state index is 12.5. The lowest BCUT2D eigenvalue weighted by atomic mass is 9.95. The normalized spacial score (nSPS) is 18.1. The quantitative estimate of drug-likeness (QED) is 0.782. The number of piperidine rings is 1. The SMILES string of the molecule is O=C(C1CC=CC1)N1CCC(Cn2nc(-c3ccncc3)ccc2=O)CC1. The summed E-state index contributed by atoms with van der Waals surface area (Å²) >= 11 is 0. The number of likely N-dealkylation sites (tertiary alicyclic amines) is 1. The summed E-state index contributed by atoms with van der Waals surface area (Å²) in [6.45, 7) is 2.16. The first-order valence-corrected chi connectivity index (χ1v) is 9.63.